The predicted octanol–water partition coefficient (Wildman–Crippen LogP) is 13.0. The maximum absolute atomic E-state index is 14.7. The first kappa shape index (κ1) is 42.9. The van der Waals surface area contributed by atoms with E-state index in [4.69, 9.17) is 4.74 Å². The molecule has 53 heavy (non-hydrogen) atoms. The molecule has 0 aliphatic heterocycles. The third kappa shape index (κ3) is 8.02. The van der Waals surface area contributed by atoms with Crippen LogP contribution in [-0.4, -0.2) is 34.4 Å². The second-order valence-corrected chi connectivity index (χ2v) is 21.2. The van der Waals surface area contributed by atoms with E-state index in [0.717, 1.165) is 51.4 Å². The fourth-order valence-electron chi connectivity index (χ4n) is 13.5. The summed E-state index contributed by atoms with van der Waals surface area (Å²) in [5.41, 5.74) is -0.460. The summed E-state index contributed by atoms with van der Waals surface area (Å²) in [6, 6.07) is 0. The molecular weight excluding hydrogens is 657 g/mol. The maximum Gasteiger partial charge on any atom is 0.309 e. The number of ketones is 1. The Bertz CT molecular complexity index is 1300. The van der Waals surface area contributed by atoms with Crippen molar-refractivity contribution in [1.29, 1.82) is 0 Å². The summed E-state index contributed by atoms with van der Waals surface area (Å²) < 4.78 is 6.51. The molecule has 5 heteroatoms. The van der Waals surface area contributed by atoms with Crippen molar-refractivity contribution >= 4 is 11.8 Å². The van der Waals surface area contributed by atoms with Gasteiger partial charge in [-0.15, -0.1) is 0 Å². The zero-order valence-corrected chi connectivity index (χ0v) is 35.8. The highest BCUT2D eigenvalue weighted by molar-refractivity contribution is 5.95. The van der Waals surface area contributed by atoms with Crippen LogP contribution in [-0.2, 0) is 14.3 Å². The molecule has 9 atom stereocenters. The van der Waals surface area contributed by atoms with Crippen molar-refractivity contribution in [2.24, 2.45) is 50.2 Å². The lowest BCUT2D eigenvalue weighted by Crippen LogP contribution is -2.69. The first-order chi connectivity index (χ1) is 24.9. The Labute approximate surface area is 325 Å². The predicted molar refractivity (Wildman–Crippen MR) is 218 cm³/mol. The molecule has 4 fully saturated rings. The van der Waals surface area contributed by atoms with Gasteiger partial charge in [-0.3, -0.25) is 9.59 Å². The van der Waals surface area contributed by atoms with Crippen LogP contribution in [0.1, 0.15) is 216 Å². The van der Waals surface area contributed by atoms with Gasteiger partial charge in [0.2, 0.25) is 0 Å². The maximum atomic E-state index is 14.7. The van der Waals surface area contributed by atoms with E-state index in [1.807, 2.05) is 13.0 Å². The average Bonchev–Trinajstić information content (AvgIpc) is 3.10. The molecule has 5 rings (SSSR count). The van der Waals surface area contributed by atoms with Gasteiger partial charge in [0.15, 0.2) is 11.6 Å². The van der Waals surface area contributed by atoms with Crippen LogP contribution >= 0.6 is 0 Å². The Morgan fingerprint density at radius 1 is 0.717 bits per heavy atom. The molecule has 0 radical (unpaired) electrons. The molecule has 0 bridgehead atoms. The normalized spacial score (nSPS) is 40.4. The lowest BCUT2D eigenvalue weighted by Gasteiger charge is -2.71. The van der Waals surface area contributed by atoms with Crippen LogP contribution in [0.4, 0.5) is 0 Å². The van der Waals surface area contributed by atoms with Crippen LogP contribution in [0.25, 0.3) is 0 Å². The largest absolute Gasteiger partial charge is 0.481 e. The van der Waals surface area contributed by atoms with Gasteiger partial charge in [0.25, 0.3) is 0 Å². The molecule has 1 unspecified atom stereocenters. The highest BCUT2D eigenvalue weighted by atomic mass is 16.6. The Kier molecular flexibility index (Phi) is 13.5. The van der Waals surface area contributed by atoms with Gasteiger partial charge in [0.05, 0.1) is 12.0 Å². The van der Waals surface area contributed by atoms with E-state index < -0.39 is 22.6 Å². The summed E-state index contributed by atoms with van der Waals surface area (Å²) >= 11 is 0. The van der Waals surface area contributed by atoms with Crippen LogP contribution in [0.15, 0.2) is 11.6 Å². The number of carbonyl (C=O) groups is 2. The second-order valence-electron chi connectivity index (χ2n) is 21.2. The van der Waals surface area contributed by atoms with Crippen LogP contribution in [0.5, 0.6) is 0 Å². The van der Waals surface area contributed by atoms with Crippen molar-refractivity contribution in [3.63, 3.8) is 0 Å². The Hall–Kier alpha value is -1.20. The standard InChI is InChI=1S/C48H82O5/c1-9-10-11-12-13-14-15-16-17-18-19-20-21-22-23-24-33-53-48(52)32-30-45(6)39(42(48,2)3)25-26-47(8)40(45)38(49)34-36-37-35-44(5,41(50)51)28-27-43(37,4)29-31-46(36,47)7/h34,37,39-40,52H,9-33,35H2,1-8H3,(H,50,51)/t37-,39?,40-,43-,44+,45+,46-,47-,48-/m1/s1. The highest BCUT2D eigenvalue weighted by Gasteiger charge is 2.72. The van der Waals surface area contributed by atoms with Crippen molar-refractivity contribution in [3.8, 4) is 0 Å². The molecule has 0 saturated heterocycles. The van der Waals surface area contributed by atoms with Gasteiger partial charge < -0.3 is 14.9 Å². The van der Waals surface area contributed by atoms with E-state index in [1.165, 1.54) is 95.5 Å². The van der Waals surface area contributed by atoms with E-state index in [2.05, 4.69) is 48.5 Å². The van der Waals surface area contributed by atoms with Gasteiger partial charge in [-0.1, -0.05) is 150 Å². The van der Waals surface area contributed by atoms with Crippen LogP contribution < -0.4 is 0 Å². The summed E-state index contributed by atoms with van der Waals surface area (Å²) in [5.74, 6) is -1.41. The molecule has 2 N–H and O–H groups in total. The molecule has 5 aliphatic rings. The molecule has 0 heterocycles. The van der Waals surface area contributed by atoms with E-state index >= 15 is 0 Å². The highest BCUT2D eigenvalue weighted by Crippen LogP contribution is 2.75. The molecule has 0 spiro atoms. The molecular formula is C48H82O5. The number of fused-ring (bicyclic) bond motifs is 7. The number of carboxylic acid groups (broad SMARTS) is 1. The first-order valence-corrected chi connectivity index (χ1v) is 22.8. The van der Waals surface area contributed by atoms with Crippen molar-refractivity contribution in [1.82, 2.24) is 0 Å². The molecule has 4 saturated carbocycles. The third-order valence-corrected chi connectivity index (χ3v) is 17.6. The molecule has 0 amide bonds. The number of aliphatic carboxylic acids is 1. The number of rotatable bonds is 19. The average molecular weight is 739 g/mol. The summed E-state index contributed by atoms with van der Waals surface area (Å²) in [5, 5.41) is 22.5. The molecule has 5 nitrogen and oxygen atoms in total. The Morgan fingerprint density at radius 3 is 1.79 bits per heavy atom. The summed E-state index contributed by atoms with van der Waals surface area (Å²) in [6.07, 6.45) is 31.2. The van der Waals surface area contributed by atoms with Crippen molar-refractivity contribution in [2.75, 3.05) is 6.61 Å². The minimum absolute atomic E-state index is 0.0535. The molecule has 0 aromatic rings. The van der Waals surface area contributed by atoms with E-state index in [-0.39, 0.29) is 45.2 Å². The molecule has 0 aromatic heterocycles. The number of aliphatic hydroxyl groups is 1. The van der Waals surface area contributed by atoms with E-state index in [1.54, 1.807) is 0 Å². The number of hydrogen-bond donors (Lipinski definition) is 2. The van der Waals surface area contributed by atoms with Crippen molar-refractivity contribution in [2.45, 2.75) is 222 Å². The van der Waals surface area contributed by atoms with Crippen LogP contribution in [0.2, 0.25) is 0 Å². The summed E-state index contributed by atoms with van der Waals surface area (Å²) in [7, 11) is 0. The van der Waals surface area contributed by atoms with Crippen molar-refractivity contribution in [3.05, 3.63) is 11.6 Å². The Morgan fingerprint density at radius 2 is 1.25 bits per heavy atom. The Balaban J connectivity index is 1.12. The van der Waals surface area contributed by atoms with E-state index in [9.17, 15) is 19.8 Å². The van der Waals surface area contributed by atoms with Gasteiger partial charge >= 0.3 is 5.97 Å². The minimum atomic E-state index is -1.18. The quantitative estimate of drug-likeness (QED) is 0.102. The number of carboxylic acids is 1. The van der Waals surface area contributed by atoms with Crippen LogP contribution in [0, 0.1) is 50.2 Å². The van der Waals surface area contributed by atoms with Crippen LogP contribution in [0.3, 0.4) is 0 Å². The number of ether oxygens (including phenoxy) is 1. The number of carbonyl (C=O) groups excluding carboxylic acids is 1. The zero-order valence-electron chi connectivity index (χ0n) is 35.8. The zero-order chi connectivity index (χ0) is 38.8. The van der Waals surface area contributed by atoms with Crippen molar-refractivity contribution < 1.29 is 24.5 Å². The molecule has 0 aromatic carbocycles. The lowest BCUT2D eigenvalue weighted by atomic mass is 9.33. The molecule has 5 aliphatic carbocycles. The van der Waals surface area contributed by atoms with Gasteiger partial charge in [0.1, 0.15) is 0 Å². The monoisotopic (exact) mass is 739 g/mol. The lowest BCUT2D eigenvalue weighted by molar-refractivity contribution is -0.328. The van der Waals surface area contributed by atoms with Gasteiger partial charge in [-0.2, -0.15) is 0 Å². The number of hydrogen-bond acceptors (Lipinski definition) is 4. The molecule has 304 valence electrons. The third-order valence-electron chi connectivity index (χ3n) is 17.6. The SMILES string of the molecule is CCCCCCCCCCCCCCCCCCO[C@]1(O)CC[C@@]2(C)C(CC[C@]3(C)[C@@H]2C(=O)C=C2[C@H]4C[C@@](C)(C(=O)O)CC[C@]4(C)CC[C@]23C)C1(C)C. The smallest absolute Gasteiger partial charge is 0.309 e. The minimum Gasteiger partial charge on any atom is -0.481 e. The summed E-state index contributed by atoms with van der Waals surface area (Å²) in [4.78, 5) is 27.2. The summed E-state index contributed by atoms with van der Waals surface area (Å²) in [6.45, 7) is 18.8. The van der Waals surface area contributed by atoms with Gasteiger partial charge in [-0.05, 0) is 104 Å². The fourth-order valence-corrected chi connectivity index (χ4v) is 13.5. The first-order valence-electron chi connectivity index (χ1n) is 22.8. The van der Waals surface area contributed by atoms with E-state index in [0.29, 0.717) is 25.9 Å². The van der Waals surface area contributed by atoms with Gasteiger partial charge in [0, 0.05) is 17.8 Å². The number of allylic oxidation sites excluding steroid dienone is 2. The fraction of sp³-hybridized carbons (Fsp3) is 0.917. The number of unbranched alkanes of at least 4 members (excludes halogenated alkanes) is 15. The topological polar surface area (TPSA) is 83.8 Å². The second kappa shape index (κ2) is 16.7. The van der Waals surface area contributed by atoms with Gasteiger partial charge in [-0.25, -0.2) is 0 Å².